The summed E-state index contributed by atoms with van der Waals surface area (Å²) in [6.45, 7) is 4.63. The number of unbranched alkanes of at least 4 members (excludes halogenated alkanes) is 30. The van der Waals surface area contributed by atoms with E-state index in [4.69, 9.17) is 37.0 Å². The minimum Gasteiger partial charge on any atom is -0.462 e. The third-order valence-corrected chi connectivity index (χ3v) is 17.9. The van der Waals surface area contributed by atoms with E-state index in [-0.39, 0.29) is 25.7 Å². The number of hydrogen-bond acceptors (Lipinski definition) is 15. The zero-order chi connectivity index (χ0) is 71.8. The Balaban J connectivity index is 5.28. The fraction of sp³-hybridized carbons (Fsp3) is 0.747. The van der Waals surface area contributed by atoms with Gasteiger partial charge in [-0.15, -0.1) is 0 Å². The van der Waals surface area contributed by atoms with Crippen molar-refractivity contribution in [3.05, 3.63) is 97.2 Å². The van der Waals surface area contributed by atoms with Crippen LogP contribution in [0.15, 0.2) is 97.2 Å². The first-order valence-corrected chi connectivity index (χ1v) is 41.5. The average molecular weight is 1420 g/mol. The summed E-state index contributed by atoms with van der Waals surface area (Å²) in [5.41, 5.74) is 0. The molecule has 0 saturated carbocycles. The predicted molar refractivity (Wildman–Crippen MR) is 399 cm³/mol. The molecule has 0 aromatic carbocycles. The van der Waals surface area contributed by atoms with Gasteiger partial charge in [-0.2, -0.15) is 0 Å². The van der Waals surface area contributed by atoms with Crippen LogP contribution in [-0.4, -0.2) is 96.7 Å². The summed E-state index contributed by atoms with van der Waals surface area (Å²) in [4.78, 5) is 72.8. The number of carbonyl (C=O) groups is 4. The van der Waals surface area contributed by atoms with Crippen LogP contribution in [0.25, 0.3) is 0 Å². The second kappa shape index (κ2) is 71.4. The Kier molecular flexibility index (Phi) is 68.4. The third-order valence-electron chi connectivity index (χ3n) is 16.0. The molecule has 17 nitrogen and oxygen atoms in total. The minimum absolute atomic E-state index is 0.0816. The van der Waals surface area contributed by atoms with Crippen molar-refractivity contribution in [1.82, 2.24) is 0 Å². The number of allylic oxidation sites excluding steroid dienone is 16. The van der Waals surface area contributed by atoms with Gasteiger partial charge < -0.3 is 33.8 Å². The maximum absolute atomic E-state index is 13.1. The molecule has 5 atom stereocenters. The molecule has 0 aliphatic heterocycles. The van der Waals surface area contributed by atoms with E-state index in [0.717, 1.165) is 199 Å². The van der Waals surface area contributed by atoms with Crippen molar-refractivity contribution in [2.45, 2.75) is 341 Å². The molecule has 0 aromatic heterocycles. The monoisotopic (exact) mass is 1420 g/mol. The topological polar surface area (TPSA) is 237 Å². The van der Waals surface area contributed by atoms with Crippen LogP contribution in [0.5, 0.6) is 0 Å². The molecule has 0 bridgehead atoms. The van der Waals surface area contributed by atoms with Crippen molar-refractivity contribution < 1.29 is 80.2 Å². The van der Waals surface area contributed by atoms with Gasteiger partial charge in [-0.3, -0.25) is 37.3 Å². The summed E-state index contributed by atoms with van der Waals surface area (Å²) in [6, 6.07) is 0. The molecule has 0 heterocycles. The van der Waals surface area contributed by atoms with Crippen molar-refractivity contribution >= 4 is 39.5 Å². The Morgan fingerprint density at radius 2 is 0.541 bits per heavy atom. The highest BCUT2D eigenvalue weighted by Crippen LogP contribution is 2.45. The zero-order valence-electron chi connectivity index (χ0n) is 61.7. The highest BCUT2D eigenvalue weighted by Gasteiger charge is 2.30. The van der Waals surface area contributed by atoms with E-state index in [1.165, 1.54) is 44.9 Å². The first-order valence-electron chi connectivity index (χ1n) is 38.5. The summed E-state index contributed by atoms with van der Waals surface area (Å²) in [7, 11) is -9.95. The molecule has 19 heteroatoms. The van der Waals surface area contributed by atoms with Crippen molar-refractivity contribution in [3.8, 4) is 0 Å². The van der Waals surface area contributed by atoms with E-state index in [2.05, 4.69) is 125 Å². The van der Waals surface area contributed by atoms with Crippen molar-refractivity contribution in [3.63, 3.8) is 0 Å². The summed E-state index contributed by atoms with van der Waals surface area (Å²) in [5, 5.41) is 10.6. The van der Waals surface area contributed by atoms with Crippen molar-refractivity contribution in [2.75, 3.05) is 39.6 Å². The quantitative estimate of drug-likeness (QED) is 0.0169. The number of ether oxygens (including phenoxy) is 4. The molecule has 0 aliphatic carbocycles. The number of aliphatic hydroxyl groups excluding tert-OH is 1. The normalized spacial score (nSPS) is 14.5. The zero-order valence-corrected chi connectivity index (χ0v) is 63.5. The molecule has 0 saturated heterocycles. The number of hydrogen-bond donors (Lipinski definition) is 3. The lowest BCUT2D eigenvalue weighted by molar-refractivity contribution is -0.161. The van der Waals surface area contributed by atoms with E-state index in [0.29, 0.717) is 25.7 Å². The molecular weight excluding hydrogens is 1280 g/mol. The van der Waals surface area contributed by atoms with E-state index in [1.54, 1.807) is 0 Å². The second-order valence-electron chi connectivity index (χ2n) is 25.6. The van der Waals surface area contributed by atoms with Crippen LogP contribution in [0.2, 0.25) is 0 Å². The van der Waals surface area contributed by atoms with Crippen molar-refractivity contribution in [1.29, 1.82) is 0 Å². The van der Waals surface area contributed by atoms with Gasteiger partial charge in [0.15, 0.2) is 12.2 Å². The Morgan fingerprint density at radius 3 is 0.857 bits per heavy atom. The number of aliphatic hydroxyl groups is 1. The van der Waals surface area contributed by atoms with Crippen LogP contribution in [0.1, 0.15) is 323 Å². The van der Waals surface area contributed by atoms with E-state index in [1.807, 2.05) is 0 Å². The van der Waals surface area contributed by atoms with Gasteiger partial charge in [-0.05, 0) is 135 Å². The number of esters is 4. The maximum atomic E-state index is 13.1. The van der Waals surface area contributed by atoms with Crippen LogP contribution in [-0.2, 0) is 65.4 Å². The molecule has 566 valence electrons. The predicted octanol–water partition coefficient (Wildman–Crippen LogP) is 22.0. The molecule has 0 fully saturated rings. The molecule has 3 N–H and O–H groups in total. The van der Waals surface area contributed by atoms with Gasteiger partial charge in [0, 0.05) is 25.7 Å². The maximum Gasteiger partial charge on any atom is 0.472 e. The van der Waals surface area contributed by atoms with Crippen LogP contribution in [0, 0.1) is 0 Å². The molecule has 5 unspecified atom stereocenters. The van der Waals surface area contributed by atoms with Gasteiger partial charge in [-0.25, -0.2) is 9.13 Å². The molecule has 0 aromatic rings. The number of phosphoric acid groups is 2. The summed E-state index contributed by atoms with van der Waals surface area (Å²) < 4.78 is 68.4. The van der Waals surface area contributed by atoms with Gasteiger partial charge in [0.2, 0.25) is 0 Å². The highest BCUT2D eigenvalue weighted by molar-refractivity contribution is 7.47. The van der Waals surface area contributed by atoms with Crippen LogP contribution in [0.3, 0.4) is 0 Å². The SMILES string of the molecule is CC/C=C\C/C=C\C/C=C\CCCCCCCCCC(=O)OCC(COP(=O)(O)OCC(O)COP(=O)(O)OCC(COC(=O)CCCCCCCC/C=C\C/C=C\C/C=C\CCCCC)OC(=O)CCCCCCC/C=C\CCCC)OC(=O)CCCCCCC/C=C\CCCC. The fourth-order valence-corrected chi connectivity index (χ4v) is 11.7. The lowest BCUT2D eigenvalue weighted by Crippen LogP contribution is -2.30. The average Bonchev–Trinajstić information content (AvgIpc) is 0.983. The number of rotatable bonds is 72. The Hall–Kier alpha value is -4.02. The Bertz CT molecular complexity index is 2240. The van der Waals surface area contributed by atoms with Gasteiger partial charge >= 0.3 is 39.5 Å². The summed E-state index contributed by atoms with van der Waals surface area (Å²) in [6.07, 6.45) is 74.0. The molecule has 0 rings (SSSR count). The van der Waals surface area contributed by atoms with E-state index < -0.39 is 97.5 Å². The summed E-state index contributed by atoms with van der Waals surface area (Å²) >= 11 is 0. The number of carbonyl (C=O) groups excluding carboxylic acids is 4. The molecule has 0 spiro atoms. The standard InChI is InChI=1S/C79H138O17P2/c1-5-9-13-17-21-25-29-31-33-35-36-38-40-42-46-48-52-56-60-64-77(82)90-70-75(96-79(84)66-62-58-54-50-44-28-24-20-16-12-8-4)72-94-98(87,88)92-68-73(80)67-91-97(85,86)93-71-74(95-78(83)65-61-57-53-49-43-27-23-19-15-11-7-3)69-89-76(81)63-59-55-51-47-45-41-39-37-34-32-30-26-22-18-14-10-6-2/h10,14,19-26,31-34,36,38,73-75,80H,5-9,11-13,15-18,27-30,35,37,39-72H2,1-4H3,(H,85,86)(H,87,88)/b14-10-,23-19-,24-20-,25-21-,26-22-,33-31-,34-32-,38-36-. The van der Waals surface area contributed by atoms with Gasteiger partial charge in [-0.1, -0.05) is 260 Å². The van der Waals surface area contributed by atoms with E-state index in [9.17, 15) is 43.2 Å². The minimum atomic E-state index is -4.98. The van der Waals surface area contributed by atoms with Gasteiger partial charge in [0.25, 0.3) is 0 Å². The lowest BCUT2D eigenvalue weighted by atomic mass is 10.1. The smallest absolute Gasteiger partial charge is 0.462 e. The van der Waals surface area contributed by atoms with E-state index >= 15 is 0 Å². The Morgan fingerprint density at radius 1 is 0.296 bits per heavy atom. The number of phosphoric ester groups is 2. The molecule has 98 heavy (non-hydrogen) atoms. The first kappa shape index (κ1) is 94.0. The highest BCUT2D eigenvalue weighted by atomic mass is 31.2. The Labute approximate surface area is 595 Å². The van der Waals surface area contributed by atoms with Crippen molar-refractivity contribution in [2.24, 2.45) is 0 Å². The largest absolute Gasteiger partial charge is 0.472 e. The van der Waals surface area contributed by atoms with Crippen LogP contribution < -0.4 is 0 Å². The third kappa shape index (κ3) is 70.4. The van der Waals surface area contributed by atoms with Gasteiger partial charge in [0.1, 0.15) is 19.3 Å². The molecule has 0 amide bonds. The fourth-order valence-electron chi connectivity index (χ4n) is 10.1. The first-order chi connectivity index (χ1) is 47.7. The molecular formula is C79H138O17P2. The molecule has 0 aliphatic rings. The van der Waals surface area contributed by atoms with Crippen LogP contribution in [0.4, 0.5) is 0 Å². The van der Waals surface area contributed by atoms with Crippen LogP contribution >= 0.6 is 15.6 Å². The second-order valence-corrected chi connectivity index (χ2v) is 28.5. The van der Waals surface area contributed by atoms with Gasteiger partial charge in [0.05, 0.1) is 26.4 Å². The summed E-state index contributed by atoms with van der Waals surface area (Å²) in [5.74, 6) is -2.21. The lowest BCUT2D eigenvalue weighted by Gasteiger charge is -2.21. The molecule has 0 radical (unpaired) electrons.